The molecule has 0 aromatic heterocycles. The standard InChI is InChI=1S/Ca.Cu.Fe.Mg.Mn.H2O4S.Zn.4H/c;;;;;1-5(2,3)4;;;;;/h;;;;;(H2,1,2,3,4);;;;;/q+2;;;+2;;;;4*-1. The molecule has 0 saturated heterocycles. The van der Waals surface area contributed by atoms with Crippen molar-refractivity contribution in [1.82, 2.24) is 0 Å². The molecule has 0 atom stereocenters. The van der Waals surface area contributed by atoms with Crippen LogP contribution in [0.5, 0.6) is 0 Å². The number of rotatable bonds is 0. The van der Waals surface area contributed by atoms with E-state index in [1.54, 1.807) is 0 Å². The first-order valence-electron chi connectivity index (χ1n) is 0.698. The summed E-state index contributed by atoms with van der Waals surface area (Å²) in [5, 5.41) is 0. The fourth-order valence-electron chi connectivity index (χ4n) is 0. The Balaban J connectivity index is -0.00000000178. The van der Waals surface area contributed by atoms with Gasteiger partial charge in [-0.3, -0.25) is 9.11 Å². The van der Waals surface area contributed by atoms with Crippen LogP contribution in [-0.4, -0.2) is 78.3 Å². The molecule has 0 saturated carbocycles. The van der Waals surface area contributed by atoms with Gasteiger partial charge >= 0.3 is 71.2 Å². The minimum Gasteiger partial charge on any atom is -1.00 e. The van der Waals surface area contributed by atoms with Gasteiger partial charge in [0, 0.05) is 70.7 Å². The molecule has 0 aromatic carbocycles. The van der Waals surface area contributed by atoms with Crippen LogP contribution in [0.15, 0.2) is 0 Å². The van der Waals surface area contributed by atoms with E-state index in [-0.39, 0.29) is 137 Å². The molecule has 0 rings (SSSR count). The third-order valence-corrected chi connectivity index (χ3v) is 0. The monoisotopic (exact) mass is 404 g/mol. The summed E-state index contributed by atoms with van der Waals surface area (Å²) in [7, 11) is -4.67. The topological polar surface area (TPSA) is 74.6 Å². The van der Waals surface area contributed by atoms with Crippen molar-refractivity contribution in [2.24, 2.45) is 0 Å². The summed E-state index contributed by atoms with van der Waals surface area (Å²) < 4.78 is 31.6. The second-order valence-electron chi connectivity index (χ2n) is 0.448. The molecule has 11 heavy (non-hydrogen) atoms. The van der Waals surface area contributed by atoms with Gasteiger partial charge in [0.25, 0.3) is 0 Å². The van der Waals surface area contributed by atoms with E-state index < -0.39 is 10.4 Å². The molecule has 0 amide bonds. The first-order chi connectivity index (χ1) is 2.00. The minimum absolute atomic E-state index is 0. The van der Waals surface area contributed by atoms with Crippen molar-refractivity contribution in [2.45, 2.75) is 0 Å². The largest absolute Gasteiger partial charge is 2.00 e. The molecule has 68 valence electrons. The Morgan fingerprint density at radius 2 is 1.18 bits per heavy atom. The molecule has 11 heteroatoms. The molecule has 0 aromatic rings. The Kier molecular flexibility index (Phi) is 98.7. The van der Waals surface area contributed by atoms with E-state index >= 15 is 0 Å². The van der Waals surface area contributed by atoms with Crippen LogP contribution in [0.3, 0.4) is 0 Å². The zero-order chi connectivity index (χ0) is 4.50. The van der Waals surface area contributed by atoms with Gasteiger partial charge in [0.1, 0.15) is 0 Å². The smallest absolute Gasteiger partial charge is 1.00 e. The molecule has 0 aliphatic carbocycles. The van der Waals surface area contributed by atoms with Crippen LogP contribution < -0.4 is 0 Å². The predicted molar refractivity (Wildman–Crippen MR) is 30.1 cm³/mol. The van der Waals surface area contributed by atoms with Gasteiger partial charge in [0.05, 0.1) is 0 Å². The molecule has 0 bridgehead atoms. The van der Waals surface area contributed by atoms with Gasteiger partial charge in [0.15, 0.2) is 0 Å². The van der Waals surface area contributed by atoms with Crippen molar-refractivity contribution < 1.29 is 93.9 Å². The van der Waals surface area contributed by atoms with Crippen molar-refractivity contribution >= 4 is 71.2 Å². The zero-order valence-corrected chi connectivity index (χ0v) is 15.9. The average Bonchev–Trinajstić information content (AvgIpc) is 0.722. The van der Waals surface area contributed by atoms with Crippen LogP contribution in [0.4, 0.5) is 0 Å². The van der Waals surface area contributed by atoms with Crippen molar-refractivity contribution in [3.8, 4) is 0 Å². The van der Waals surface area contributed by atoms with Gasteiger partial charge < -0.3 is 5.71 Å². The Hall–Kier alpha value is 4.08. The molecular formula is H6CaCuFeMgMnO4SZn. The molecular weight excluding hydrogens is 400 g/mol. The summed E-state index contributed by atoms with van der Waals surface area (Å²) in [6.07, 6.45) is 0. The third-order valence-electron chi connectivity index (χ3n) is 0. The molecule has 0 unspecified atom stereocenters. The van der Waals surface area contributed by atoms with Crippen LogP contribution in [-0.2, 0) is 81.1 Å². The van der Waals surface area contributed by atoms with Crippen LogP contribution in [0.25, 0.3) is 0 Å². The average molecular weight is 406 g/mol. The van der Waals surface area contributed by atoms with E-state index in [9.17, 15) is 0 Å². The zero-order valence-electron chi connectivity index (χ0n) is 9.27. The summed E-state index contributed by atoms with van der Waals surface area (Å²) in [5.41, 5.74) is 0. The Morgan fingerprint density at radius 3 is 1.18 bits per heavy atom. The normalized spacial score (nSPS) is 5.27. The second kappa shape index (κ2) is 23.7. The van der Waals surface area contributed by atoms with Crippen molar-refractivity contribution in [1.29, 1.82) is 0 Å². The quantitative estimate of drug-likeness (QED) is 0.401. The summed E-state index contributed by atoms with van der Waals surface area (Å²) in [4.78, 5) is 0. The van der Waals surface area contributed by atoms with Gasteiger partial charge in [-0.05, 0) is 0 Å². The molecule has 0 aliphatic rings. The van der Waals surface area contributed by atoms with Crippen LogP contribution in [0.2, 0.25) is 0 Å². The van der Waals surface area contributed by atoms with Crippen molar-refractivity contribution in [2.75, 3.05) is 0 Å². The number of hydrogen-bond donors (Lipinski definition) is 2. The summed E-state index contributed by atoms with van der Waals surface area (Å²) in [5.74, 6) is 0. The van der Waals surface area contributed by atoms with E-state index in [1.807, 2.05) is 0 Å². The second-order valence-corrected chi connectivity index (χ2v) is 1.34. The van der Waals surface area contributed by atoms with Crippen LogP contribution >= 0.6 is 0 Å². The summed E-state index contributed by atoms with van der Waals surface area (Å²) in [6, 6.07) is 0. The van der Waals surface area contributed by atoms with Crippen molar-refractivity contribution in [3.05, 3.63) is 0 Å². The maximum absolute atomic E-state index is 8.74. The molecule has 2 N–H and O–H groups in total. The third kappa shape index (κ3) is 123. The molecule has 0 heterocycles. The maximum Gasteiger partial charge on any atom is 2.00 e. The van der Waals surface area contributed by atoms with E-state index in [4.69, 9.17) is 17.5 Å². The van der Waals surface area contributed by atoms with Crippen LogP contribution in [0.1, 0.15) is 5.71 Å². The molecule has 4 nitrogen and oxygen atoms in total. The van der Waals surface area contributed by atoms with E-state index in [0.29, 0.717) is 0 Å². The fraction of sp³-hybridized carbons (Fsp3) is 0. The van der Waals surface area contributed by atoms with Gasteiger partial charge in [-0.25, -0.2) is 0 Å². The Bertz CT molecular complexity index is 126. The molecule has 0 fully saturated rings. The SMILES string of the molecule is O=S(=O)(O)O.[Ca+2].[Cu].[Fe].[H-].[H-].[H-].[H-].[Mg+2].[Mn].[Zn]. The molecule has 0 aliphatic heterocycles. The Morgan fingerprint density at radius 1 is 1.18 bits per heavy atom. The van der Waals surface area contributed by atoms with E-state index in [1.165, 1.54) is 0 Å². The molecule has 0 spiro atoms. The van der Waals surface area contributed by atoms with E-state index in [0.717, 1.165) is 0 Å². The minimum atomic E-state index is -4.67. The van der Waals surface area contributed by atoms with Gasteiger partial charge in [-0.15, -0.1) is 0 Å². The van der Waals surface area contributed by atoms with Gasteiger partial charge in [-0.1, -0.05) is 0 Å². The summed E-state index contributed by atoms with van der Waals surface area (Å²) >= 11 is 0. The van der Waals surface area contributed by atoms with Crippen LogP contribution in [0, 0.1) is 0 Å². The van der Waals surface area contributed by atoms with Gasteiger partial charge in [0.2, 0.25) is 0 Å². The number of hydrogen-bond acceptors (Lipinski definition) is 2. The first kappa shape index (κ1) is 45.8. The Labute approximate surface area is 162 Å². The molecule has 2 radical (unpaired) electrons. The maximum atomic E-state index is 8.74. The fourth-order valence-corrected chi connectivity index (χ4v) is 0. The van der Waals surface area contributed by atoms with Gasteiger partial charge in [-0.2, -0.15) is 8.42 Å². The first-order valence-corrected chi connectivity index (χ1v) is 2.10. The predicted octanol–water partition coefficient (Wildman–Crippen LogP) is -0.974. The van der Waals surface area contributed by atoms with E-state index in [2.05, 4.69) is 0 Å². The summed E-state index contributed by atoms with van der Waals surface area (Å²) in [6.45, 7) is 0. The van der Waals surface area contributed by atoms with Crippen molar-refractivity contribution in [3.63, 3.8) is 0 Å².